The smallest absolute Gasteiger partial charge is 0.339 e. The van der Waals surface area contributed by atoms with Crippen molar-refractivity contribution >= 4 is 23.7 Å². The number of aryl methyl sites for hydroxylation is 1. The van der Waals surface area contributed by atoms with Gasteiger partial charge in [-0.3, -0.25) is 0 Å². The van der Waals surface area contributed by atoms with E-state index in [-0.39, 0.29) is 17.7 Å². The van der Waals surface area contributed by atoms with E-state index in [1.807, 2.05) is 12.1 Å². The number of esters is 1. The number of ether oxygens (including phenoxy) is 1. The van der Waals surface area contributed by atoms with Crippen molar-refractivity contribution in [3.63, 3.8) is 0 Å². The van der Waals surface area contributed by atoms with Gasteiger partial charge in [-0.2, -0.15) is 0 Å². The highest BCUT2D eigenvalue weighted by Crippen LogP contribution is 2.30. The second-order valence-electron chi connectivity index (χ2n) is 4.83. The summed E-state index contributed by atoms with van der Waals surface area (Å²) in [5, 5.41) is 9.21. The van der Waals surface area contributed by atoms with Crippen LogP contribution in [-0.2, 0) is 11.2 Å². The third-order valence-electron chi connectivity index (χ3n) is 3.28. The van der Waals surface area contributed by atoms with E-state index >= 15 is 0 Å². The number of carboxylic acids is 1. The number of carboxylic acid groups (broad SMARTS) is 1. The molecule has 120 valence electrons. The maximum Gasteiger partial charge on any atom is 0.339 e. The minimum Gasteiger partial charge on any atom is -0.478 e. The van der Waals surface area contributed by atoms with E-state index < -0.39 is 11.9 Å². The summed E-state index contributed by atoms with van der Waals surface area (Å²) < 4.78 is 4.94. The molecule has 0 radical (unpaired) electrons. The second kappa shape index (κ2) is 7.83. The molecule has 2 aromatic carbocycles. The first-order valence-electron chi connectivity index (χ1n) is 7.36. The van der Waals surface area contributed by atoms with Crippen LogP contribution in [0.15, 0.2) is 52.3 Å². The molecule has 0 amide bonds. The zero-order valence-corrected chi connectivity index (χ0v) is 13.9. The Hall–Kier alpha value is -2.27. The molecule has 0 saturated heterocycles. The molecule has 0 fully saturated rings. The fourth-order valence-electron chi connectivity index (χ4n) is 2.08. The van der Waals surface area contributed by atoms with Crippen molar-refractivity contribution in [1.29, 1.82) is 0 Å². The Bertz CT molecular complexity index is 707. The summed E-state index contributed by atoms with van der Waals surface area (Å²) in [6.07, 6.45) is 0.977. The molecule has 4 nitrogen and oxygen atoms in total. The molecule has 0 aliphatic rings. The molecule has 0 heterocycles. The van der Waals surface area contributed by atoms with Gasteiger partial charge in [0.25, 0.3) is 0 Å². The van der Waals surface area contributed by atoms with Crippen LogP contribution in [0.4, 0.5) is 0 Å². The Morgan fingerprint density at radius 3 is 2.22 bits per heavy atom. The number of carbonyl (C=O) groups is 2. The summed E-state index contributed by atoms with van der Waals surface area (Å²) in [5.41, 5.74) is 1.28. The van der Waals surface area contributed by atoms with Crippen LogP contribution in [0.3, 0.4) is 0 Å². The van der Waals surface area contributed by atoms with Gasteiger partial charge in [0.05, 0.1) is 17.7 Å². The van der Waals surface area contributed by atoms with Crippen LogP contribution in [0, 0.1) is 0 Å². The zero-order valence-electron chi connectivity index (χ0n) is 13.0. The summed E-state index contributed by atoms with van der Waals surface area (Å²) in [6, 6.07) is 12.8. The van der Waals surface area contributed by atoms with Crippen molar-refractivity contribution in [1.82, 2.24) is 0 Å². The molecule has 23 heavy (non-hydrogen) atoms. The normalized spacial score (nSPS) is 10.3. The number of aromatic carboxylic acids is 1. The van der Waals surface area contributed by atoms with Crippen LogP contribution in [0.25, 0.3) is 0 Å². The van der Waals surface area contributed by atoms with Gasteiger partial charge < -0.3 is 9.84 Å². The van der Waals surface area contributed by atoms with Gasteiger partial charge in [0, 0.05) is 9.79 Å². The fourth-order valence-corrected chi connectivity index (χ4v) is 2.94. The van der Waals surface area contributed by atoms with Crippen LogP contribution in [0.5, 0.6) is 0 Å². The lowest BCUT2D eigenvalue weighted by Gasteiger charge is -2.09. The van der Waals surface area contributed by atoms with E-state index in [4.69, 9.17) is 4.74 Å². The minimum atomic E-state index is -1.14. The Labute approximate surface area is 139 Å². The van der Waals surface area contributed by atoms with Gasteiger partial charge in [0.1, 0.15) is 0 Å². The van der Waals surface area contributed by atoms with Crippen molar-refractivity contribution in [2.24, 2.45) is 0 Å². The SMILES string of the molecule is CCOC(=O)c1cc(Sc2ccc(CC)cc2)ccc1C(=O)O. The van der Waals surface area contributed by atoms with E-state index in [1.165, 1.54) is 23.4 Å². The van der Waals surface area contributed by atoms with Crippen LogP contribution < -0.4 is 0 Å². The predicted molar refractivity (Wildman–Crippen MR) is 89.3 cm³/mol. The number of hydrogen-bond acceptors (Lipinski definition) is 4. The van der Waals surface area contributed by atoms with E-state index in [0.29, 0.717) is 0 Å². The summed E-state index contributed by atoms with van der Waals surface area (Å²) in [5.74, 6) is -1.76. The Morgan fingerprint density at radius 1 is 1.00 bits per heavy atom. The quantitative estimate of drug-likeness (QED) is 0.801. The van der Waals surface area contributed by atoms with Gasteiger partial charge in [-0.1, -0.05) is 30.8 Å². The first-order valence-corrected chi connectivity index (χ1v) is 8.18. The molecular weight excluding hydrogens is 312 g/mol. The number of hydrogen-bond donors (Lipinski definition) is 1. The van der Waals surface area contributed by atoms with Crippen LogP contribution in [-0.4, -0.2) is 23.7 Å². The van der Waals surface area contributed by atoms with E-state index in [9.17, 15) is 14.7 Å². The average Bonchev–Trinajstić information content (AvgIpc) is 2.55. The van der Waals surface area contributed by atoms with Crippen molar-refractivity contribution < 1.29 is 19.4 Å². The number of benzene rings is 2. The topological polar surface area (TPSA) is 63.6 Å². The summed E-state index contributed by atoms with van der Waals surface area (Å²) in [6.45, 7) is 3.98. The van der Waals surface area contributed by atoms with Crippen molar-refractivity contribution in [2.75, 3.05) is 6.61 Å². The van der Waals surface area contributed by atoms with Crippen LogP contribution >= 0.6 is 11.8 Å². The molecule has 0 spiro atoms. The maximum atomic E-state index is 12.0. The standard InChI is InChI=1S/C18H18O4S/c1-3-12-5-7-13(8-6-12)23-14-9-10-15(17(19)20)16(11-14)18(21)22-4-2/h5-11H,3-4H2,1-2H3,(H,19,20). The number of rotatable bonds is 6. The monoisotopic (exact) mass is 330 g/mol. The van der Waals surface area contributed by atoms with Gasteiger partial charge in [-0.15, -0.1) is 0 Å². The Morgan fingerprint density at radius 2 is 1.65 bits per heavy atom. The first-order chi connectivity index (χ1) is 11.0. The van der Waals surface area contributed by atoms with Crippen molar-refractivity contribution in [3.8, 4) is 0 Å². The summed E-state index contributed by atoms with van der Waals surface area (Å²) in [7, 11) is 0. The highest BCUT2D eigenvalue weighted by Gasteiger charge is 2.18. The highest BCUT2D eigenvalue weighted by molar-refractivity contribution is 7.99. The fraction of sp³-hybridized carbons (Fsp3) is 0.222. The molecule has 0 bridgehead atoms. The minimum absolute atomic E-state index is 0.0471. The lowest BCUT2D eigenvalue weighted by molar-refractivity contribution is 0.0514. The predicted octanol–water partition coefficient (Wildman–Crippen LogP) is 4.28. The van der Waals surface area contributed by atoms with Crippen molar-refractivity contribution in [2.45, 2.75) is 30.1 Å². The van der Waals surface area contributed by atoms with E-state index in [2.05, 4.69) is 19.1 Å². The van der Waals surface area contributed by atoms with Crippen molar-refractivity contribution in [3.05, 3.63) is 59.2 Å². The molecular formula is C18H18O4S. The van der Waals surface area contributed by atoms with Gasteiger partial charge >= 0.3 is 11.9 Å². The Kier molecular flexibility index (Phi) is 5.82. The molecule has 5 heteroatoms. The lowest BCUT2D eigenvalue weighted by atomic mass is 10.1. The average molecular weight is 330 g/mol. The van der Waals surface area contributed by atoms with Gasteiger partial charge in [0.15, 0.2) is 0 Å². The first kappa shape index (κ1) is 17.1. The summed E-state index contributed by atoms with van der Waals surface area (Å²) in [4.78, 5) is 25.0. The van der Waals surface area contributed by atoms with Gasteiger partial charge in [0.2, 0.25) is 0 Å². The third-order valence-corrected chi connectivity index (χ3v) is 4.28. The third kappa shape index (κ3) is 4.36. The van der Waals surface area contributed by atoms with Crippen LogP contribution in [0.1, 0.15) is 40.1 Å². The van der Waals surface area contributed by atoms with Gasteiger partial charge in [-0.05, 0) is 49.2 Å². The van der Waals surface area contributed by atoms with Crippen LogP contribution in [0.2, 0.25) is 0 Å². The van der Waals surface area contributed by atoms with E-state index in [1.54, 1.807) is 19.1 Å². The molecule has 0 unspecified atom stereocenters. The van der Waals surface area contributed by atoms with Gasteiger partial charge in [-0.25, -0.2) is 9.59 Å². The molecule has 2 aromatic rings. The van der Waals surface area contributed by atoms with E-state index in [0.717, 1.165) is 16.2 Å². The molecule has 0 aliphatic carbocycles. The second-order valence-corrected chi connectivity index (χ2v) is 5.98. The molecule has 0 aromatic heterocycles. The molecule has 1 N–H and O–H groups in total. The molecule has 0 saturated carbocycles. The zero-order chi connectivity index (χ0) is 16.8. The largest absolute Gasteiger partial charge is 0.478 e. The summed E-state index contributed by atoms with van der Waals surface area (Å²) >= 11 is 1.48. The molecule has 0 atom stereocenters. The Balaban J connectivity index is 2.30. The maximum absolute atomic E-state index is 12.0. The molecule has 0 aliphatic heterocycles. The highest BCUT2D eigenvalue weighted by atomic mass is 32.2. The lowest BCUT2D eigenvalue weighted by Crippen LogP contribution is -2.11. The number of carbonyl (C=O) groups excluding carboxylic acids is 1. The molecule has 2 rings (SSSR count).